The number of aliphatic hydroxyl groups is 2. The third-order valence-electron chi connectivity index (χ3n) is 4.70. The molecule has 0 aromatic rings. The summed E-state index contributed by atoms with van der Waals surface area (Å²) < 4.78 is 0. The summed E-state index contributed by atoms with van der Waals surface area (Å²) in [5.74, 6) is 0. The monoisotopic (exact) mass is 256 g/mol. The van der Waals surface area contributed by atoms with Gasteiger partial charge in [0.2, 0.25) is 0 Å². The van der Waals surface area contributed by atoms with E-state index in [1.54, 1.807) is 0 Å². The van der Waals surface area contributed by atoms with Crippen molar-refractivity contribution in [3.05, 3.63) is 0 Å². The first-order valence-electron chi connectivity index (χ1n) is 8.04. The molecular weight excluding hydrogens is 224 g/mol. The third kappa shape index (κ3) is 4.89. The van der Waals surface area contributed by atoms with Crippen molar-refractivity contribution in [3.8, 4) is 0 Å². The summed E-state index contributed by atoms with van der Waals surface area (Å²) in [7, 11) is 0. The maximum Gasteiger partial charge on any atom is 0.0618 e. The standard InChI is InChI=1S/C16H32O2/c1-2-3-4-5-6-7-8-9-12-16(14-17)13-10-11-15(16)18/h15,17-18H,2-14H2,1H3. The molecule has 0 bridgehead atoms. The summed E-state index contributed by atoms with van der Waals surface area (Å²) in [6.07, 6.45) is 14.3. The Morgan fingerprint density at radius 1 is 1.00 bits per heavy atom. The van der Waals surface area contributed by atoms with Crippen molar-refractivity contribution in [2.24, 2.45) is 5.41 Å². The highest BCUT2D eigenvalue weighted by atomic mass is 16.3. The Hall–Kier alpha value is -0.0800. The highest BCUT2D eigenvalue weighted by Crippen LogP contribution is 2.42. The molecule has 0 radical (unpaired) electrons. The minimum atomic E-state index is -0.257. The van der Waals surface area contributed by atoms with E-state index < -0.39 is 0 Å². The van der Waals surface area contributed by atoms with Crippen LogP contribution >= 0.6 is 0 Å². The van der Waals surface area contributed by atoms with Gasteiger partial charge in [0, 0.05) is 5.41 Å². The van der Waals surface area contributed by atoms with Crippen molar-refractivity contribution in [2.45, 2.75) is 90.1 Å². The second-order valence-corrected chi connectivity index (χ2v) is 6.15. The Labute approximate surface area is 113 Å². The summed E-state index contributed by atoms with van der Waals surface area (Å²) in [4.78, 5) is 0. The molecule has 0 aromatic heterocycles. The van der Waals surface area contributed by atoms with Crippen LogP contribution in [0.15, 0.2) is 0 Å². The minimum absolute atomic E-state index is 0.151. The van der Waals surface area contributed by atoms with Crippen LogP contribution in [0.1, 0.15) is 84.0 Å². The Morgan fingerprint density at radius 3 is 2.11 bits per heavy atom. The molecule has 0 heterocycles. The van der Waals surface area contributed by atoms with Gasteiger partial charge in [0.05, 0.1) is 12.7 Å². The zero-order chi connectivity index (χ0) is 13.3. The van der Waals surface area contributed by atoms with Crippen molar-refractivity contribution < 1.29 is 10.2 Å². The smallest absolute Gasteiger partial charge is 0.0618 e. The van der Waals surface area contributed by atoms with Gasteiger partial charge >= 0.3 is 0 Å². The molecule has 2 unspecified atom stereocenters. The molecular formula is C16H32O2. The van der Waals surface area contributed by atoms with E-state index >= 15 is 0 Å². The van der Waals surface area contributed by atoms with Crippen LogP contribution in [-0.4, -0.2) is 22.9 Å². The lowest BCUT2D eigenvalue weighted by Crippen LogP contribution is -2.33. The average molecular weight is 256 g/mol. The molecule has 1 fully saturated rings. The Morgan fingerprint density at radius 2 is 1.61 bits per heavy atom. The van der Waals surface area contributed by atoms with Crippen LogP contribution in [0.25, 0.3) is 0 Å². The van der Waals surface area contributed by atoms with Gasteiger partial charge in [-0.2, -0.15) is 0 Å². The zero-order valence-electron chi connectivity index (χ0n) is 12.2. The van der Waals surface area contributed by atoms with E-state index in [1.165, 1.54) is 51.4 Å². The number of aliphatic hydroxyl groups excluding tert-OH is 2. The van der Waals surface area contributed by atoms with E-state index in [9.17, 15) is 10.2 Å². The molecule has 1 aliphatic carbocycles. The van der Waals surface area contributed by atoms with E-state index in [2.05, 4.69) is 6.92 Å². The summed E-state index contributed by atoms with van der Waals surface area (Å²) in [5.41, 5.74) is -0.151. The molecule has 2 heteroatoms. The lowest BCUT2D eigenvalue weighted by molar-refractivity contribution is -0.00133. The molecule has 1 rings (SSSR count). The largest absolute Gasteiger partial charge is 0.396 e. The number of unbranched alkanes of at least 4 members (excludes halogenated alkanes) is 7. The maximum absolute atomic E-state index is 9.98. The number of hydrogen-bond acceptors (Lipinski definition) is 2. The minimum Gasteiger partial charge on any atom is -0.396 e. The fourth-order valence-corrected chi connectivity index (χ4v) is 3.29. The average Bonchev–Trinajstić information content (AvgIpc) is 2.75. The van der Waals surface area contributed by atoms with E-state index in [0.29, 0.717) is 0 Å². The van der Waals surface area contributed by atoms with Gasteiger partial charge in [-0.1, -0.05) is 64.7 Å². The van der Waals surface area contributed by atoms with Crippen molar-refractivity contribution in [1.82, 2.24) is 0 Å². The van der Waals surface area contributed by atoms with Gasteiger partial charge in [0.1, 0.15) is 0 Å². The normalized spacial score (nSPS) is 27.8. The lowest BCUT2D eigenvalue weighted by atomic mass is 9.80. The fraction of sp³-hybridized carbons (Fsp3) is 1.00. The SMILES string of the molecule is CCCCCCCCCCC1(CO)CCCC1O. The van der Waals surface area contributed by atoms with Crippen molar-refractivity contribution in [2.75, 3.05) is 6.61 Å². The van der Waals surface area contributed by atoms with E-state index in [4.69, 9.17) is 0 Å². The molecule has 1 saturated carbocycles. The molecule has 18 heavy (non-hydrogen) atoms. The first kappa shape index (κ1) is 16.0. The van der Waals surface area contributed by atoms with Crippen molar-refractivity contribution >= 4 is 0 Å². The van der Waals surface area contributed by atoms with Gasteiger partial charge in [-0.3, -0.25) is 0 Å². The van der Waals surface area contributed by atoms with E-state index in [1.807, 2.05) is 0 Å². The van der Waals surface area contributed by atoms with Crippen LogP contribution in [0.2, 0.25) is 0 Å². The van der Waals surface area contributed by atoms with Gasteiger partial charge in [0.15, 0.2) is 0 Å². The quantitative estimate of drug-likeness (QED) is 0.579. The van der Waals surface area contributed by atoms with Crippen LogP contribution in [0.5, 0.6) is 0 Å². The summed E-state index contributed by atoms with van der Waals surface area (Å²) in [5, 5.41) is 19.5. The zero-order valence-corrected chi connectivity index (χ0v) is 12.2. The predicted molar refractivity (Wildman–Crippen MR) is 76.6 cm³/mol. The first-order chi connectivity index (χ1) is 8.75. The van der Waals surface area contributed by atoms with Gasteiger partial charge < -0.3 is 10.2 Å². The number of hydrogen-bond donors (Lipinski definition) is 2. The summed E-state index contributed by atoms with van der Waals surface area (Å²) in [6.45, 7) is 2.42. The highest BCUT2D eigenvalue weighted by Gasteiger charge is 2.40. The van der Waals surface area contributed by atoms with Gasteiger partial charge in [-0.15, -0.1) is 0 Å². The maximum atomic E-state index is 9.98. The molecule has 0 aromatic carbocycles. The third-order valence-corrected chi connectivity index (χ3v) is 4.70. The second kappa shape index (κ2) is 8.92. The molecule has 1 aliphatic rings. The molecule has 0 saturated heterocycles. The van der Waals surface area contributed by atoms with Crippen LogP contribution in [-0.2, 0) is 0 Å². The molecule has 0 amide bonds. The predicted octanol–water partition coefficient (Wildman–Crippen LogP) is 4.04. The first-order valence-corrected chi connectivity index (χ1v) is 8.04. The highest BCUT2D eigenvalue weighted by molar-refractivity contribution is 4.91. The topological polar surface area (TPSA) is 40.5 Å². The van der Waals surface area contributed by atoms with Crippen LogP contribution in [0.3, 0.4) is 0 Å². The molecule has 2 N–H and O–H groups in total. The fourth-order valence-electron chi connectivity index (χ4n) is 3.29. The van der Waals surface area contributed by atoms with Gasteiger partial charge in [0.25, 0.3) is 0 Å². The number of rotatable bonds is 10. The molecule has 108 valence electrons. The van der Waals surface area contributed by atoms with Crippen LogP contribution in [0, 0.1) is 5.41 Å². The van der Waals surface area contributed by atoms with Crippen LogP contribution in [0.4, 0.5) is 0 Å². The summed E-state index contributed by atoms with van der Waals surface area (Å²) in [6, 6.07) is 0. The second-order valence-electron chi connectivity index (χ2n) is 6.15. The molecule has 0 spiro atoms. The van der Waals surface area contributed by atoms with Gasteiger partial charge in [-0.05, 0) is 19.3 Å². The molecule has 0 aliphatic heterocycles. The lowest BCUT2D eigenvalue weighted by Gasteiger charge is -2.30. The Bertz CT molecular complexity index is 205. The Balaban J connectivity index is 2.03. The van der Waals surface area contributed by atoms with E-state index in [0.717, 1.165) is 25.7 Å². The van der Waals surface area contributed by atoms with Gasteiger partial charge in [-0.25, -0.2) is 0 Å². The van der Waals surface area contributed by atoms with Crippen molar-refractivity contribution in [1.29, 1.82) is 0 Å². The van der Waals surface area contributed by atoms with Crippen LogP contribution < -0.4 is 0 Å². The molecule has 2 nitrogen and oxygen atoms in total. The Kier molecular flexibility index (Phi) is 7.92. The summed E-state index contributed by atoms with van der Waals surface area (Å²) >= 11 is 0. The van der Waals surface area contributed by atoms with Crippen molar-refractivity contribution in [3.63, 3.8) is 0 Å². The molecule has 2 atom stereocenters. The van der Waals surface area contributed by atoms with E-state index in [-0.39, 0.29) is 18.1 Å².